The van der Waals surface area contributed by atoms with Crippen molar-refractivity contribution in [3.05, 3.63) is 58.3 Å². The molecule has 0 radical (unpaired) electrons. The van der Waals surface area contributed by atoms with E-state index in [1.54, 1.807) is 39.2 Å². The van der Waals surface area contributed by atoms with Gasteiger partial charge in [0.1, 0.15) is 33.7 Å². The first kappa shape index (κ1) is 37.3. The van der Waals surface area contributed by atoms with Gasteiger partial charge in [0.2, 0.25) is 0 Å². The largest absolute Gasteiger partial charge is 0.497 e. The van der Waals surface area contributed by atoms with Gasteiger partial charge in [0.15, 0.2) is 19.8 Å². The zero-order chi connectivity index (χ0) is 35.1. The summed E-state index contributed by atoms with van der Waals surface area (Å²) in [6.07, 6.45) is 4.13. The van der Waals surface area contributed by atoms with Crippen LogP contribution in [0.4, 0.5) is 5.82 Å². The maximum absolute atomic E-state index is 6.56. The second-order valence-electron chi connectivity index (χ2n) is 13.2. The number of hydrogen-bond acceptors (Lipinski definition) is 10. The number of benzene rings is 2. The highest BCUT2D eigenvalue weighted by Gasteiger charge is 2.37. The Labute approximate surface area is 294 Å². The Morgan fingerprint density at radius 1 is 0.875 bits per heavy atom. The summed E-state index contributed by atoms with van der Waals surface area (Å²) >= 11 is 3.63. The lowest BCUT2D eigenvalue weighted by Gasteiger charge is -2.36. The van der Waals surface area contributed by atoms with Crippen LogP contribution in [0.5, 0.6) is 29.0 Å². The minimum atomic E-state index is -1.90. The van der Waals surface area contributed by atoms with Crippen LogP contribution in [0.2, 0.25) is 18.1 Å². The van der Waals surface area contributed by atoms with E-state index < -0.39 is 8.32 Å². The first-order valence-electron chi connectivity index (χ1n) is 16.2. The molecule has 0 aliphatic carbocycles. The van der Waals surface area contributed by atoms with Gasteiger partial charge in [-0.1, -0.05) is 34.1 Å². The fraction of sp³-hybridized carbons (Fsp3) is 0.514. The molecule has 4 aromatic rings. The van der Waals surface area contributed by atoms with Crippen molar-refractivity contribution in [3.63, 3.8) is 0 Å². The van der Waals surface area contributed by atoms with Gasteiger partial charge in [0.25, 0.3) is 0 Å². The molecule has 0 spiro atoms. The van der Waals surface area contributed by atoms with Gasteiger partial charge in [-0.05, 0) is 64.7 Å². The normalized spacial score (nSPS) is 12.6. The predicted molar refractivity (Wildman–Crippen MR) is 195 cm³/mol. The lowest BCUT2D eigenvalue weighted by atomic mass is 10.1. The van der Waals surface area contributed by atoms with E-state index in [2.05, 4.69) is 61.6 Å². The molecule has 11 nitrogen and oxygen atoms in total. The van der Waals surface area contributed by atoms with Crippen LogP contribution in [0.1, 0.15) is 58.1 Å². The lowest BCUT2D eigenvalue weighted by molar-refractivity contribution is 0.135. The van der Waals surface area contributed by atoms with Crippen molar-refractivity contribution in [2.45, 2.75) is 84.3 Å². The highest BCUT2D eigenvalue weighted by atomic mass is 79.9. The van der Waals surface area contributed by atoms with Gasteiger partial charge < -0.3 is 33.0 Å². The van der Waals surface area contributed by atoms with Crippen LogP contribution < -0.4 is 28.6 Å². The molecule has 0 aliphatic heterocycles. The number of methoxy groups -OCH3 is 4. The third-order valence-electron chi connectivity index (χ3n) is 8.89. The summed E-state index contributed by atoms with van der Waals surface area (Å²) in [5, 5.41) is 4.89. The van der Waals surface area contributed by atoms with Crippen LogP contribution >= 0.6 is 15.9 Å². The quantitative estimate of drug-likeness (QED) is 0.0987. The Bertz CT molecular complexity index is 1600. The van der Waals surface area contributed by atoms with E-state index in [-0.39, 0.29) is 17.2 Å². The van der Waals surface area contributed by atoms with E-state index in [0.29, 0.717) is 58.8 Å². The van der Waals surface area contributed by atoms with Crippen molar-refractivity contribution in [3.8, 4) is 29.0 Å². The van der Waals surface area contributed by atoms with Crippen molar-refractivity contribution in [1.82, 2.24) is 19.6 Å². The Morgan fingerprint density at radius 3 is 1.96 bits per heavy atom. The molecule has 1 unspecified atom stereocenters. The number of imidazole rings is 1. The summed E-state index contributed by atoms with van der Waals surface area (Å²) in [6.45, 7) is 14.9. The molecule has 0 fully saturated rings. The van der Waals surface area contributed by atoms with E-state index in [1.165, 1.54) is 0 Å². The van der Waals surface area contributed by atoms with E-state index >= 15 is 0 Å². The zero-order valence-corrected chi connectivity index (χ0v) is 32.5. The summed E-state index contributed by atoms with van der Waals surface area (Å²) in [6, 6.07) is 11.8. The van der Waals surface area contributed by atoms with Crippen LogP contribution in [-0.4, -0.2) is 69.0 Å². The Hall–Kier alpha value is -3.55. The molecule has 1 atom stereocenters. The number of halogens is 1. The summed E-state index contributed by atoms with van der Waals surface area (Å²) in [5.41, 5.74) is 2.44. The maximum atomic E-state index is 6.56. The van der Waals surface area contributed by atoms with E-state index in [9.17, 15) is 0 Å². The van der Waals surface area contributed by atoms with Crippen LogP contribution in [0.3, 0.4) is 0 Å². The highest BCUT2D eigenvalue weighted by Crippen LogP contribution is 2.37. The number of fused-ring (bicyclic) bond motifs is 1. The molecular formula is C35H50BrN5O6Si. The first-order chi connectivity index (χ1) is 22.8. The van der Waals surface area contributed by atoms with Crippen LogP contribution in [-0.2, 0) is 17.5 Å². The fourth-order valence-electron chi connectivity index (χ4n) is 5.06. The first-order valence-corrected chi connectivity index (χ1v) is 19.9. The molecule has 13 heteroatoms. The van der Waals surface area contributed by atoms with E-state index in [1.807, 2.05) is 36.4 Å². The van der Waals surface area contributed by atoms with Crippen molar-refractivity contribution >= 4 is 35.7 Å². The highest BCUT2D eigenvalue weighted by molar-refractivity contribution is 9.10. The second kappa shape index (κ2) is 16.2. The van der Waals surface area contributed by atoms with Gasteiger partial charge >= 0.3 is 6.01 Å². The van der Waals surface area contributed by atoms with Gasteiger partial charge in [-0.2, -0.15) is 9.50 Å². The molecule has 2 heterocycles. The average Bonchev–Trinajstić information content (AvgIpc) is 3.43. The zero-order valence-electron chi connectivity index (χ0n) is 29.9. The number of rotatable bonds is 17. The summed E-state index contributed by atoms with van der Waals surface area (Å²) in [5.74, 6) is 3.38. The smallest absolute Gasteiger partial charge is 0.336 e. The standard InChI is InChI=1S/C35H50BrN5O6Si/c1-11-12-26(17-18-46-48(9,10)35(2,3)4)47-34-38-33(32-37-21-31(36)41(32)39-34)40(22-24-13-15-27(42-5)19-29(24)44-7)23-25-14-16-28(43-6)20-30(25)45-8/h13-16,19-21,26H,11-12,17-18,22-23H2,1-10H3. The van der Waals surface area contributed by atoms with Crippen LogP contribution in [0.25, 0.3) is 5.65 Å². The molecule has 2 aromatic heterocycles. The lowest BCUT2D eigenvalue weighted by Crippen LogP contribution is -2.41. The molecule has 2 aromatic carbocycles. The monoisotopic (exact) mass is 743 g/mol. The predicted octanol–water partition coefficient (Wildman–Crippen LogP) is 8.09. The molecule has 0 bridgehead atoms. The minimum Gasteiger partial charge on any atom is -0.497 e. The third kappa shape index (κ3) is 8.91. The molecular weight excluding hydrogens is 694 g/mol. The van der Waals surface area contributed by atoms with Crippen molar-refractivity contribution < 1.29 is 28.1 Å². The van der Waals surface area contributed by atoms with Crippen molar-refractivity contribution in [2.75, 3.05) is 39.9 Å². The van der Waals surface area contributed by atoms with Gasteiger partial charge in [-0.15, -0.1) is 5.10 Å². The van der Waals surface area contributed by atoms with Gasteiger partial charge in [0, 0.05) is 49.4 Å². The van der Waals surface area contributed by atoms with E-state index in [4.69, 9.17) is 43.2 Å². The minimum absolute atomic E-state index is 0.121. The SMILES string of the molecule is CCCC(CCO[Si](C)(C)C(C)(C)C)Oc1nc(N(Cc2ccc(OC)cc2OC)Cc2ccc(OC)cc2OC)c2ncc(Br)n2n1. The molecule has 262 valence electrons. The topological polar surface area (TPSA) is 102 Å². The Morgan fingerprint density at radius 2 is 1.46 bits per heavy atom. The van der Waals surface area contributed by atoms with Gasteiger partial charge in [0.05, 0.1) is 34.6 Å². The molecule has 0 amide bonds. The van der Waals surface area contributed by atoms with Crippen molar-refractivity contribution in [2.24, 2.45) is 0 Å². The molecule has 4 rings (SSSR count). The van der Waals surface area contributed by atoms with Crippen LogP contribution in [0.15, 0.2) is 47.2 Å². The fourth-order valence-corrected chi connectivity index (χ4v) is 6.47. The average molecular weight is 745 g/mol. The molecule has 48 heavy (non-hydrogen) atoms. The number of hydrogen-bond donors (Lipinski definition) is 0. The number of ether oxygens (including phenoxy) is 5. The molecule has 0 saturated heterocycles. The molecule has 0 saturated carbocycles. The van der Waals surface area contributed by atoms with Crippen molar-refractivity contribution in [1.29, 1.82) is 0 Å². The summed E-state index contributed by atoms with van der Waals surface area (Å²) < 4.78 is 38.0. The molecule has 0 N–H and O–H groups in total. The number of nitrogens with zero attached hydrogens (tertiary/aromatic N) is 5. The third-order valence-corrected chi connectivity index (χ3v) is 14.0. The Kier molecular flexibility index (Phi) is 12.6. The number of anilines is 1. The summed E-state index contributed by atoms with van der Waals surface area (Å²) in [7, 11) is 4.68. The van der Waals surface area contributed by atoms with E-state index in [0.717, 1.165) is 30.4 Å². The maximum Gasteiger partial charge on any atom is 0.336 e. The number of aromatic nitrogens is 4. The van der Waals surface area contributed by atoms with Gasteiger partial charge in [-0.3, -0.25) is 0 Å². The van der Waals surface area contributed by atoms with Crippen LogP contribution in [0, 0.1) is 0 Å². The Balaban J connectivity index is 1.76. The van der Waals surface area contributed by atoms with Gasteiger partial charge in [-0.25, -0.2) is 4.98 Å². The summed E-state index contributed by atoms with van der Waals surface area (Å²) in [4.78, 5) is 11.8. The molecule has 0 aliphatic rings. The second-order valence-corrected chi connectivity index (χ2v) is 18.8.